The zero-order chi connectivity index (χ0) is 16.8. The van der Waals surface area contributed by atoms with Crippen molar-refractivity contribution in [3.63, 3.8) is 0 Å². The molecule has 0 saturated carbocycles. The minimum atomic E-state index is 0.103. The largest absolute Gasteiger partial charge is 0.489 e. The van der Waals surface area contributed by atoms with Crippen molar-refractivity contribution >= 4 is 0 Å². The Morgan fingerprint density at radius 3 is 2.74 bits per heavy atom. The predicted octanol–water partition coefficient (Wildman–Crippen LogP) is 3.24. The SMILES string of the molecule is C=C(C)COc1ccccc1CNCc1[nH]cc(C)c(=O)c1C. The highest BCUT2D eigenvalue weighted by Crippen LogP contribution is 2.18. The van der Waals surface area contributed by atoms with Gasteiger partial charge in [-0.3, -0.25) is 4.79 Å². The quantitative estimate of drug-likeness (QED) is 0.772. The van der Waals surface area contributed by atoms with Crippen molar-refractivity contribution in [3.05, 3.63) is 75.2 Å². The standard InChI is InChI=1S/C19H24N2O2/c1-13(2)12-23-18-8-6-5-7-16(18)10-20-11-17-15(4)19(22)14(3)9-21-17/h5-9,20H,1,10-12H2,2-4H3,(H,21,22). The molecule has 4 heteroatoms. The third-order valence-electron chi connectivity index (χ3n) is 3.68. The molecule has 1 heterocycles. The highest BCUT2D eigenvalue weighted by Gasteiger charge is 2.06. The van der Waals surface area contributed by atoms with Crippen LogP contribution in [-0.4, -0.2) is 11.6 Å². The average Bonchev–Trinajstić information content (AvgIpc) is 2.54. The third kappa shape index (κ3) is 4.57. The fourth-order valence-corrected chi connectivity index (χ4v) is 2.30. The van der Waals surface area contributed by atoms with Gasteiger partial charge in [-0.05, 0) is 32.4 Å². The minimum Gasteiger partial charge on any atom is -0.489 e. The van der Waals surface area contributed by atoms with Gasteiger partial charge in [0.05, 0.1) is 0 Å². The summed E-state index contributed by atoms with van der Waals surface area (Å²) < 4.78 is 5.76. The molecule has 122 valence electrons. The molecule has 2 N–H and O–H groups in total. The Morgan fingerprint density at radius 2 is 2.00 bits per heavy atom. The molecular formula is C19H24N2O2. The fraction of sp³-hybridized carbons (Fsp3) is 0.316. The lowest BCUT2D eigenvalue weighted by Crippen LogP contribution is -2.20. The van der Waals surface area contributed by atoms with E-state index in [4.69, 9.17) is 4.74 Å². The molecule has 0 fully saturated rings. The summed E-state index contributed by atoms with van der Waals surface area (Å²) in [4.78, 5) is 15.1. The molecule has 4 nitrogen and oxygen atoms in total. The Hall–Kier alpha value is -2.33. The molecule has 2 aromatic rings. The summed E-state index contributed by atoms with van der Waals surface area (Å²) in [5.41, 5.74) is 4.60. The van der Waals surface area contributed by atoms with Crippen LogP contribution in [0.4, 0.5) is 0 Å². The van der Waals surface area contributed by atoms with Gasteiger partial charge in [0.2, 0.25) is 0 Å². The van der Waals surface area contributed by atoms with Crippen molar-refractivity contribution in [2.24, 2.45) is 0 Å². The number of aromatic amines is 1. The number of rotatable bonds is 7. The minimum absolute atomic E-state index is 0.103. The van der Waals surface area contributed by atoms with Crippen LogP contribution in [-0.2, 0) is 13.1 Å². The maximum Gasteiger partial charge on any atom is 0.187 e. The van der Waals surface area contributed by atoms with Gasteiger partial charge in [-0.1, -0.05) is 24.8 Å². The Bertz CT molecular complexity index is 747. The Morgan fingerprint density at radius 1 is 1.26 bits per heavy atom. The van der Waals surface area contributed by atoms with Crippen LogP contribution >= 0.6 is 0 Å². The maximum absolute atomic E-state index is 11.9. The zero-order valence-corrected chi connectivity index (χ0v) is 14.0. The topological polar surface area (TPSA) is 54.1 Å². The third-order valence-corrected chi connectivity index (χ3v) is 3.68. The summed E-state index contributed by atoms with van der Waals surface area (Å²) >= 11 is 0. The molecule has 0 atom stereocenters. The smallest absolute Gasteiger partial charge is 0.187 e. The second-order valence-electron chi connectivity index (χ2n) is 5.86. The van der Waals surface area contributed by atoms with Crippen LogP contribution in [0.2, 0.25) is 0 Å². The van der Waals surface area contributed by atoms with Gasteiger partial charge in [-0.15, -0.1) is 0 Å². The number of aromatic nitrogens is 1. The average molecular weight is 312 g/mol. The van der Waals surface area contributed by atoms with Crippen LogP contribution < -0.4 is 15.5 Å². The number of H-pyrrole nitrogens is 1. The Balaban J connectivity index is 2.00. The van der Waals surface area contributed by atoms with E-state index in [1.807, 2.05) is 45.0 Å². The number of para-hydroxylation sites is 1. The molecular weight excluding hydrogens is 288 g/mol. The molecule has 0 saturated heterocycles. The molecule has 1 aromatic heterocycles. The predicted molar refractivity (Wildman–Crippen MR) is 93.8 cm³/mol. The van der Waals surface area contributed by atoms with E-state index in [0.717, 1.165) is 33.7 Å². The van der Waals surface area contributed by atoms with Crippen molar-refractivity contribution in [2.45, 2.75) is 33.9 Å². The molecule has 0 amide bonds. The van der Waals surface area contributed by atoms with E-state index in [2.05, 4.69) is 16.9 Å². The lowest BCUT2D eigenvalue weighted by atomic mass is 10.1. The van der Waals surface area contributed by atoms with E-state index >= 15 is 0 Å². The van der Waals surface area contributed by atoms with Gasteiger partial charge in [0.25, 0.3) is 0 Å². The molecule has 2 rings (SSSR count). The molecule has 0 unspecified atom stereocenters. The van der Waals surface area contributed by atoms with E-state index in [1.165, 1.54) is 0 Å². The monoisotopic (exact) mass is 312 g/mol. The van der Waals surface area contributed by atoms with Crippen molar-refractivity contribution in [2.75, 3.05) is 6.61 Å². The van der Waals surface area contributed by atoms with Crippen LogP contribution in [0.15, 0.2) is 47.4 Å². The number of hydrogen-bond acceptors (Lipinski definition) is 3. The van der Waals surface area contributed by atoms with E-state index in [9.17, 15) is 4.79 Å². The Labute approximate surface area is 137 Å². The van der Waals surface area contributed by atoms with E-state index in [0.29, 0.717) is 19.7 Å². The molecule has 0 radical (unpaired) electrons. The van der Waals surface area contributed by atoms with E-state index in [1.54, 1.807) is 6.20 Å². The van der Waals surface area contributed by atoms with Gasteiger partial charge in [-0.25, -0.2) is 0 Å². The van der Waals surface area contributed by atoms with Crippen molar-refractivity contribution < 1.29 is 4.74 Å². The molecule has 1 aromatic carbocycles. The number of ether oxygens (including phenoxy) is 1. The molecule has 0 aliphatic heterocycles. The lowest BCUT2D eigenvalue weighted by molar-refractivity contribution is 0.347. The summed E-state index contributed by atoms with van der Waals surface area (Å²) in [6.07, 6.45) is 1.76. The van der Waals surface area contributed by atoms with Gasteiger partial charge in [0.15, 0.2) is 5.43 Å². The van der Waals surface area contributed by atoms with Crippen LogP contribution in [0.25, 0.3) is 0 Å². The summed E-state index contributed by atoms with van der Waals surface area (Å²) in [6, 6.07) is 7.94. The number of hydrogen-bond donors (Lipinski definition) is 2. The molecule has 0 aliphatic rings. The highest BCUT2D eigenvalue weighted by atomic mass is 16.5. The van der Waals surface area contributed by atoms with Crippen molar-refractivity contribution in [1.29, 1.82) is 0 Å². The number of nitrogens with one attached hydrogen (secondary N) is 2. The van der Waals surface area contributed by atoms with Crippen LogP contribution in [0, 0.1) is 13.8 Å². The van der Waals surface area contributed by atoms with Gasteiger partial charge in [0, 0.05) is 41.7 Å². The first-order chi connectivity index (χ1) is 11.0. The second kappa shape index (κ2) is 7.79. The van der Waals surface area contributed by atoms with Crippen LogP contribution in [0.1, 0.15) is 29.3 Å². The van der Waals surface area contributed by atoms with Crippen molar-refractivity contribution in [3.8, 4) is 5.75 Å². The van der Waals surface area contributed by atoms with Crippen LogP contribution in [0.5, 0.6) is 5.75 Å². The van der Waals surface area contributed by atoms with Gasteiger partial charge in [0.1, 0.15) is 12.4 Å². The maximum atomic E-state index is 11.9. The van der Waals surface area contributed by atoms with E-state index in [-0.39, 0.29) is 5.43 Å². The van der Waals surface area contributed by atoms with Crippen molar-refractivity contribution in [1.82, 2.24) is 10.3 Å². The van der Waals surface area contributed by atoms with E-state index < -0.39 is 0 Å². The molecule has 0 aliphatic carbocycles. The first-order valence-electron chi connectivity index (χ1n) is 7.72. The van der Waals surface area contributed by atoms with Gasteiger partial charge < -0.3 is 15.0 Å². The van der Waals surface area contributed by atoms with Crippen LogP contribution in [0.3, 0.4) is 0 Å². The summed E-state index contributed by atoms with van der Waals surface area (Å²) in [5.74, 6) is 0.858. The molecule has 0 spiro atoms. The molecule has 0 bridgehead atoms. The highest BCUT2D eigenvalue weighted by molar-refractivity contribution is 5.33. The summed E-state index contributed by atoms with van der Waals surface area (Å²) in [5, 5.41) is 3.36. The number of benzene rings is 1. The number of pyridine rings is 1. The fourth-order valence-electron chi connectivity index (χ4n) is 2.30. The first-order valence-corrected chi connectivity index (χ1v) is 7.72. The lowest BCUT2D eigenvalue weighted by Gasteiger charge is -2.13. The normalized spacial score (nSPS) is 10.6. The Kier molecular flexibility index (Phi) is 5.77. The zero-order valence-electron chi connectivity index (χ0n) is 14.0. The van der Waals surface area contributed by atoms with Gasteiger partial charge in [-0.2, -0.15) is 0 Å². The summed E-state index contributed by atoms with van der Waals surface area (Å²) in [6.45, 7) is 11.3. The summed E-state index contributed by atoms with van der Waals surface area (Å²) in [7, 11) is 0. The second-order valence-corrected chi connectivity index (χ2v) is 5.86. The first kappa shape index (κ1) is 17.0. The van der Waals surface area contributed by atoms with Gasteiger partial charge >= 0.3 is 0 Å². The molecule has 23 heavy (non-hydrogen) atoms. The number of aryl methyl sites for hydroxylation is 1.